The van der Waals surface area contributed by atoms with Crippen molar-refractivity contribution in [2.24, 2.45) is 5.92 Å². The molecule has 7 heteroatoms. The van der Waals surface area contributed by atoms with E-state index >= 15 is 0 Å². The Morgan fingerprint density at radius 2 is 1.70 bits per heavy atom. The first-order valence-electron chi connectivity index (χ1n) is 10.8. The molecule has 174 valence electrons. The van der Waals surface area contributed by atoms with E-state index < -0.39 is 29.3 Å². The number of amides is 1. The zero-order valence-electron chi connectivity index (χ0n) is 19.7. The predicted molar refractivity (Wildman–Crippen MR) is 126 cm³/mol. The van der Waals surface area contributed by atoms with E-state index in [0.717, 1.165) is 11.1 Å². The largest absolute Gasteiger partial charge is 0.444 e. The van der Waals surface area contributed by atoms with Crippen LogP contribution < -0.4 is 15.7 Å². The second-order valence-electron chi connectivity index (χ2n) is 9.27. The molecule has 0 radical (unpaired) electrons. The highest BCUT2D eigenvalue weighted by Crippen LogP contribution is 2.35. The summed E-state index contributed by atoms with van der Waals surface area (Å²) in [5.74, 6) is -0.658. The van der Waals surface area contributed by atoms with Crippen molar-refractivity contribution < 1.29 is 23.5 Å². The van der Waals surface area contributed by atoms with Crippen LogP contribution in [0.15, 0.2) is 57.7 Å². The number of carbonyl (C=O) groups is 2. The lowest BCUT2D eigenvalue weighted by atomic mass is 10.00. The lowest BCUT2D eigenvalue weighted by Crippen LogP contribution is -2.48. The van der Waals surface area contributed by atoms with Crippen LogP contribution >= 0.6 is 0 Å². The van der Waals surface area contributed by atoms with Gasteiger partial charge in [0.05, 0.1) is 5.39 Å². The number of carbonyl (C=O) groups excluding carboxylic acids is 2. The van der Waals surface area contributed by atoms with Gasteiger partial charge in [0.2, 0.25) is 0 Å². The molecule has 1 heterocycles. The number of ether oxygens (including phenoxy) is 2. The molecule has 0 bridgehead atoms. The summed E-state index contributed by atoms with van der Waals surface area (Å²) < 4.78 is 16.5. The van der Waals surface area contributed by atoms with Gasteiger partial charge in [-0.05, 0) is 56.9 Å². The van der Waals surface area contributed by atoms with Gasteiger partial charge >= 0.3 is 17.7 Å². The number of alkyl carbamates (subject to hydrolysis) is 1. The van der Waals surface area contributed by atoms with Crippen LogP contribution in [0.25, 0.3) is 22.1 Å². The van der Waals surface area contributed by atoms with Crippen LogP contribution in [0.3, 0.4) is 0 Å². The van der Waals surface area contributed by atoms with Gasteiger partial charge < -0.3 is 19.2 Å². The maximum Gasteiger partial charge on any atom is 0.408 e. The number of nitrogens with one attached hydrogen (secondary N) is 1. The maximum atomic E-state index is 13.1. The van der Waals surface area contributed by atoms with E-state index in [4.69, 9.17) is 13.9 Å². The molecule has 33 heavy (non-hydrogen) atoms. The van der Waals surface area contributed by atoms with Crippen molar-refractivity contribution in [3.63, 3.8) is 0 Å². The van der Waals surface area contributed by atoms with Crippen LogP contribution in [0.1, 0.15) is 40.2 Å². The third kappa shape index (κ3) is 6.00. The van der Waals surface area contributed by atoms with Gasteiger partial charge in [-0.15, -0.1) is 0 Å². The molecule has 3 rings (SSSR count). The van der Waals surface area contributed by atoms with Crippen molar-refractivity contribution >= 4 is 23.0 Å². The summed E-state index contributed by atoms with van der Waals surface area (Å²) in [6, 6.07) is 13.2. The molecule has 1 amide bonds. The first-order valence-corrected chi connectivity index (χ1v) is 10.8. The lowest BCUT2D eigenvalue weighted by molar-refractivity contribution is -0.137. The van der Waals surface area contributed by atoms with Crippen LogP contribution in [0.4, 0.5) is 4.79 Å². The Morgan fingerprint density at radius 1 is 1.03 bits per heavy atom. The van der Waals surface area contributed by atoms with Crippen LogP contribution in [0, 0.1) is 12.8 Å². The monoisotopic (exact) mass is 451 g/mol. The van der Waals surface area contributed by atoms with Crippen molar-refractivity contribution in [3.8, 4) is 16.9 Å². The molecular weight excluding hydrogens is 422 g/mol. The van der Waals surface area contributed by atoms with Gasteiger partial charge in [-0.3, -0.25) is 0 Å². The molecule has 2 aromatic carbocycles. The Morgan fingerprint density at radius 3 is 2.30 bits per heavy atom. The molecule has 1 N–H and O–H groups in total. The Balaban J connectivity index is 2.03. The average molecular weight is 452 g/mol. The number of esters is 1. The fourth-order valence-corrected chi connectivity index (χ4v) is 3.42. The fraction of sp³-hybridized carbons (Fsp3) is 0.346. The van der Waals surface area contributed by atoms with Gasteiger partial charge in [0.25, 0.3) is 0 Å². The minimum atomic E-state index is -0.939. The quantitative estimate of drug-likeness (QED) is 0.325. The van der Waals surface area contributed by atoms with Crippen molar-refractivity contribution in [2.45, 2.75) is 53.2 Å². The Bertz CT molecular complexity index is 1220. The molecule has 0 fully saturated rings. The van der Waals surface area contributed by atoms with Gasteiger partial charge in [0, 0.05) is 11.6 Å². The van der Waals surface area contributed by atoms with Crippen molar-refractivity contribution in [1.82, 2.24) is 5.32 Å². The van der Waals surface area contributed by atoms with Crippen molar-refractivity contribution in [1.29, 1.82) is 0 Å². The highest BCUT2D eigenvalue weighted by Gasteiger charge is 2.29. The minimum absolute atomic E-state index is 0.245. The molecule has 0 unspecified atom stereocenters. The van der Waals surface area contributed by atoms with Gasteiger partial charge in [0.1, 0.15) is 23.0 Å². The van der Waals surface area contributed by atoms with Crippen LogP contribution in [-0.4, -0.2) is 23.7 Å². The molecule has 1 atom stereocenters. The number of benzene rings is 2. The fourth-order valence-electron chi connectivity index (χ4n) is 3.42. The molecule has 0 aliphatic heterocycles. The molecule has 0 aliphatic carbocycles. The standard InChI is InChI=1S/C26H29NO6/c1-15(2)23(27-25(30)33-26(4,5)6)24(29)32-20-13-16(3)12-19-22(20)18(14-21(28)31-19)17-10-8-7-9-11-17/h7-15,23H,1-6H3,(H,27,30)/t23-/m0/s1. The lowest BCUT2D eigenvalue weighted by Gasteiger charge is -2.25. The summed E-state index contributed by atoms with van der Waals surface area (Å²) in [6.07, 6.45) is -0.705. The number of hydrogen-bond donors (Lipinski definition) is 1. The molecule has 1 aromatic heterocycles. The Kier molecular flexibility index (Phi) is 6.91. The SMILES string of the molecule is Cc1cc(OC(=O)[C@@H](NC(=O)OC(C)(C)C)C(C)C)c2c(-c3ccccc3)cc(=O)oc2c1. The van der Waals surface area contributed by atoms with Gasteiger partial charge in [-0.1, -0.05) is 44.2 Å². The highest BCUT2D eigenvalue weighted by molar-refractivity contribution is 5.99. The van der Waals surface area contributed by atoms with Gasteiger partial charge in [-0.25, -0.2) is 14.4 Å². The molecule has 0 saturated carbocycles. The van der Waals surface area contributed by atoms with E-state index in [1.54, 1.807) is 46.8 Å². The molecule has 3 aromatic rings. The number of rotatable bonds is 5. The summed E-state index contributed by atoms with van der Waals surface area (Å²) in [5, 5.41) is 3.10. The summed E-state index contributed by atoms with van der Waals surface area (Å²) in [6.45, 7) is 10.6. The molecule has 7 nitrogen and oxygen atoms in total. The van der Waals surface area contributed by atoms with E-state index in [9.17, 15) is 14.4 Å². The topological polar surface area (TPSA) is 94.8 Å². The van der Waals surface area contributed by atoms with E-state index in [1.165, 1.54) is 6.07 Å². The highest BCUT2D eigenvalue weighted by atomic mass is 16.6. The van der Waals surface area contributed by atoms with Gasteiger partial charge in [0.15, 0.2) is 0 Å². The van der Waals surface area contributed by atoms with Crippen LogP contribution in [-0.2, 0) is 9.53 Å². The van der Waals surface area contributed by atoms with E-state index in [1.807, 2.05) is 37.3 Å². The van der Waals surface area contributed by atoms with Crippen molar-refractivity contribution in [2.75, 3.05) is 0 Å². The zero-order valence-corrected chi connectivity index (χ0v) is 19.7. The zero-order chi connectivity index (χ0) is 24.3. The number of hydrogen-bond acceptors (Lipinski definition) is 6. The Labute approximate surface area is 192 Å². The summed E-state index contributed by atoms with van der Waals surface area (Å²) in [7, 11) is 0. The second-order valence-corrected chi connectivity index (χ2v) is 9.27. The predicted octanol–water partition coefficient (Wildman–Crippen LogP) is 5.22. The molecule has 0 spiro atoms. The summed E-state index contributed by atoms with van der Waals surface area (Å²) in [5.41, 5.74) is 1.22. The van der Waals surface area contributed by atoms with Gasteiger partial charge in [-0.2, -0.15) is 0 Å². The summed E-state index contributed by atoms with van der Waals surface area (Å²) in [4.78, 5) is 37.6. The third-order valence-corrected chi connectivity index (χ3v) is 4.84. The Hall–Kier alpha value is -3.61. The normalized spacial score (nSPS) is 12.5. The van der Waals surface area contributed by atoms with E-state index in [0.29, 0.717) is 16.5 Å². The van der Waals surface area contributed by atoms with E-state index in [-0.39, 0.29) is 11.7 Å². The number of aryl methyl sites for hydroxylation is 1. The maximum absolute atomic E-state index is 13.1. The minimum Gasteiger partial charge on any atom is -0.444 e. The average Bonchev–Trinajstić information content (AvgIpc) is 2.70. The second kappa shape index (κ2) is 9.48. The molecular formula is C26H29NO6. The third-order valence-electron chi connectivity index (χ3n) is 4.84. The molecule has 0 aliphatic rings. The molecule has 0 saturated heterocycles. The smallest absolute Gasteiger partial charge is 0.408 e. The van der Waals surface area contributed by atoms with Crippen molar-refractivity contribution in [3.05, 3.63) is 64.5 Å². The van der Waals surface area contributed by atoms with Crippen LogP contribution in [0.2, 0.25) is 0 Å². The first kappa shape index (κ1) is 24.0. The number of fused-ring (bicyclic) bond motifs is 1. The summed E-state index contributed by atoms with van der Waals surface area (Å²) >= 11 is 0. The van der Waals surface area contributed by atoms with E-state index in [2.05, 4.69) is 5.32 Å². The first-order chi connectivity index (χ1) is 15.4. The van der Waals surface area contributed by atoms with Crippen LogP contribution in [0.5, 0.6) is 5.75 Å².